The Hall–Kier alpha value is -2.37. The molecule has 0 radical (unpaired) electrons. The molecule has 6 nitrogen and oxygen atoms in total. The third-order valence-corrected chi connectivity index (χ3v) is 4.73. The molecule has 0 saturated carbocycles. The van der Waals surface area contributed by atoms with Crippen LogP contribution in [-0.2, 0) is 20.7 Å². The Labute approximate surface area is 134 Å². The molecule has 1 aromatic rings. The molecule has 1 aromatic carbocycles. The third kappa shape index (κ3) is 2.69. The number of nitrogens with zero attached hydrogens (tertiary/aromatic N) is 1. The number of nitrogens with one attached hydrogen (secondary N) is 1. The second kappa shape index (κ2) is 5.68. The van der Waals surface area contributed by atoms with Gasteiger partial charge in [-0.05, 0) is 12.0 Å². The second-order valence-electron chi connectivity index (χ2n) is 6.61. The van der Waals surface area contributed by atoms with Gasteiger partial charge in [0.15, 0.2) is 0 Å². The van der Waals surface area contributed by atoms with E-state index in [9.17, 15) is 14.4 Å². The predicted octanol–water partition coefficient (Wildman–Crippen LogP) is 1.35. The number of rotatable bonds is 3. The summed E-state index contributed by atoms with van der Waals surface area (Å²) in [5.41, 5.74) is 0.213. The molecule has 2 aliphatic heterocycles. The summed E-state index contributed by atoms with van der Waals surface area (Å²) >= 11 is 0. The van der Waals surface area contributed by atoms with E-state index in [2.05, 4.69) is 5.32 Å². The first-order chi connectivity index (χ1) is 10.9. The monoisotopic (exact) mass is 316 g/mol. The number of hydrogen-bond acceptors (Lipinski definition) is 4. The fraction of sp³-hybridized carbons (Fsp3) is 0.471. The SMILES string of the molecule is CC1(C)C(=O)NC[C@H]1C(=O)N1C(=O)OC[C@H]1Cc1ccccc1. The van der Waals surface area contributed by atoms with Crippen LogP contribution in [0.15, 0.2) is 30.3 Å². The number of benzene rings is 1. The van der Waals surface area contributed by atoms with Gasteiger partial charge in [0.1, 0.15) is 6.61 Å². The maximum Gasteiger partial charge on any atom is 0.416 e. The highest BCUT2D eigenvalue weighted by Crippen LogP contribution is 2.34. The van der Waals surface area contributed by atoms with Crippen molar-refractivity contribution in [3.63, 3.8) is 0 Å². The molecule has 3 rings (SSSR count). The van der Waals surface area contributed by atoms with Crippen molar-refractivity contribution in [2.75, 3.05) is 13.2 Å². The number of carbonyl (C=O) groups is 3. The summed E-state index contributed by atoms with van der Waals surface area (Å²) in [6, 6.07) is 9.33. The molecule has 0 spiro atoms. The highest BCUT2D eigenvalue weighted by Gasteiger charge is 2.51. The molecule has 0 aliphatic carbocycles. The molecule has 0 bridgehead atoms. The Kier molecular flexibility index (Phi) is 3.83. The molecule has 2 aliphatic rings. The van der Waals surface area contributed by atoms with Crippen molar-refractivity contribution in [2.24, 2.45) is 11.3 Å². The van der Waals surface area contributed by atoms with E-state index in [0.29, 0.717) is 6.42 Å². The van der Waals surface area contributed by atoms with Crippen LogP contribution >= 0.6 is 0 Å². The van der Waals surface area contributed by atoms with Gasteiger partial charge >= 0.3 is 6.09 Å². The fourth-order valence-corrected chi connectivity index (χ4v) is 3.17. The van der Waals surface area contributed by atoms with E-state index < -0.39 is 17.4 Å². The Morgan fingerprint density at radius 3 is 2.61 bits per heavy atom. The lowest BCUT2D eigenvalue weighted by molar-refractivity contribution is -0.139. The molecule has 3 amide bonds. The van der Waals surface area contributed by atoms with Crippen LogP contribution < -0.4 is 5.32 Å². The number of hydrogen-bond donors (Lipinski definition) is 1. The van der Waals surface area contributed by atoms with E-state index in [1.165, 1.54) is 4.90 Å². The highest BCUT2D eigenvalue weighted by atomic mass is 16.6. The summed E-state index contributed by atoms with van der Waals surface area (Å²) in [7, 11) is 0. The van der Waals surface area contributed by atoms with Crippen molar-refractivity contribution < 1.29 is 19.1 Å². The summed E-state index contributed by atoms with van der Waals surface area (Å²) < 4.78 is 5.09. The summed E-state index contributed by atoms with van der Waals surface area (Å²) in [6.07, 6.45) is -0.0709. The van der Waals surface area contributed by atoms with Gasteiger partial charge in [-0.25, -0.2) is 9.69 Å². The molecule has 2 fully saturated rings. The zero-order chi connectivity index (χ0) is 16.6. The van der Waals surface area contributed by atoms with E-state index in [-0.39, 0.29) is 31.0 Å². The van der Waals surface area contributed by atoms with Crippen molar-refractivity contribution in [2.45, 2.75) is 26.3 Å². The van der Waals surface area contributed by atoms with Crippen molar-refractivity contribution in [3.8, 4) is 0 Å². The van der Waals surface area contributed by atoms with Gasteiger partial charge in [-0.2, -0.15) is 0 Å². The van der Waals surface area contributed by atoms with Gasteiger partial charge in [0.05, 0.1) is 17.4 Å². The molecule has 23 heavy (non-hydrogen) atoms. The number of ether oxygens (including phenoxy) is 1. The Morgan fingerprint density at radius 2 is 2.00 bits per heavy atom. The van der Waals surface area contributed by atoms with Crippen LogP contribution in [0.2, 0.25) is 0 Å². The lowest BCUT2D eigenvalue weighted by atomic mass is 9.80. The van der Waals surface area contributed by atoms with Gasteiger partial charge in [-0.3, -0.25) is 9.59 Å². The average molecular weight is 316 g/mol. The highest BCUT2D eigenvalue weighted by molar-refractivity contribution is 6.00. The minimum atomic E-state index is -0.822. The van der Waals surface area contributed by atoms with Crippen molar-refractivity contribution in [1.29, 1.82) is 0 Å². The first kappa shape index (κ1) is 15.5. The third-order valence-electron chi connectivity index (χ3n) is 4.73. The minimum Gasteiger partial charge on any atom is -0.447 e. The zero-order valence-corrected chi connectivity index (χ0v) is 13.2. The predicted molar refractivity (Wildman–Crippen MR) is 82.4 cm³/mol. The maximum absolute atomic E-state index is 12.9. The lowest BCUT2D eigenvalue weighted by Gasteiger charge is -2.28. The average Bonchev–Trinajstić information content (AvgIpc) is 3.00. The van der Waals surface area contributed by atoms with Gasteiger partial charge < -0.3 is 10.1 Å². The van der Waals surface area contributed by atoms with Gasteiger partial charge in [-0.1, -0.05) is 44.2 Å². The van der Waals surface area contributed by atoms with E-state index in [1.54, 1.807) is 13.8 Å². The van der Waals surface area contributed by atoms with Gasteiger partial charge in [0.2, 0.25) is 11.8 Å². The van der Waals surface area contributed by atoms with Crippen LogP contribution in [0.4, 0.5) is 4.79 Å². The Balaban J connectivity index is 1.80. The quantitative estimate of drug-likeness (QED) is 0.913. The summed E-state index contributed by atoms with van der Waals surface area (Å²) in [5.74, 6) is -1.06. The largest absolute Gasteiger partial charge is 0.447 e. The van der Waals surface area contributed by atoms with Gasteiger partial charge in [0, 0.05) is 6.54 Å². The van der Waals surface area contributed by atoms with Crippen molar-refractivity contribution in [3.05, 3.63) is 35.9 Å². The van der Waals surface area contributed by atoms with E-state index in [4.69, 9.17) is 4.74 Å². The molecular formula is C17H20N2O4. The molecule has 6 heteroatoms. The lowest BCUT2D eigenvalue weighted by Crippen LogP contribution is -2.47. The Bertz CT molecular complexity index is 641. The fourth-order valence-electron chi connectivity index (χ4n) is 3.17. The Morgan fingerprint density at radius 1 is 1.30 bits per heavy atom. The molecule has 0 aromatic heterocycles. The van der Waals surface area contributed by atoms with Crippen molar-refractivity contribution >= 4 is 17.9 Å². The van der Waals surface area contributed by atoms with Crippen LogP contribution in [0.25, 0.3) is 0 Å². The minimum absolute atomic E-state index is 0.164. The number of carbonyl (C=O) groups excluding carboxylic acids is 3. The molecule has 1 N–H and O–H groups in total. The molecular weight excluding hydrogens is 296 g/mol. The maximum atomic E-state index is 12.9. The standard InChI is InChI=1S/C17H20N2O4/c1-17(2)13(9-18-15(17)21)14(20)19-12(10-23-16(19)22)8-11-6-4-3-5-7-11/h3-7,12-13H,8-10H2,1-2H3,(H,18,21)/t12-,13+/m1/s1. The number of cyclic esters (lactones) is 1. The van der Waals surface area contributed by atoms with Crippen LogP contribution in [0, 0.1) is 11.3 Å². The summed E-state index contributed by atoms with van der Waals surface area (Å²) in [5, 5.41) is 2.71. The molecule has 2 saturated heterocycles. The normalized spacial score (nSPS) is 26.1. The van der Waals surface area contributed by atoms with E-state index in [0.717, 1.165) is 5.56 Å². The molecule has 2 heterocycles. The summed E-state index contributed by atoms with van der Waals surface area (Å²) in [4.78, 5) is 38.0. The molecule has 2 atom stereocenters. The zero-order valence-electron chi connectivity index (χ0n) is 13.2. The van der Waals surface area contributed by atoms with E-state index in [1.807, 2.05) is 30.3 Å². The summed E-state index contributed by atoms with van der Waals surface area (Å²) in [6.45, 7) is 3.90. The first-order valence-corrected chi connectivity index (χ1v) is 7.73. The topological polar surface area (TPSA) is 75.7 Å². The van der Waals surface area contributed by atoms with Crippen molar-refractivity contribution in [1.82, 2.24) is 10.2 Å². The van der Waals surface area contributed by atoms with Crippen LogP contribution in [0.1, 0.15) is 19.4 Å². The molecule has 0 unspecified atom stereocenters. The second-order valence-corrected chi connectivity index (χ2v) is 6.61. The van der Waals surface area contributed by atoms with Gasteiger partial charge in [0.25, 0.3) is 0 Å². The van der Waals surface area contributed by atoms with Crippen LogP contribution in [-0.4, -0.2) is 42.0 Å². The van der Waals surface area contributed by atoms with Gasteiger partial charge in [-0.15, -0.1) is 0 Å². The smallest absolute Gasteiger partial charge is 0.416 e. The van der Waals surface area contributed by atoms with Crippen LogP contribution in [0.3, 0.4) is 0 Å². The van der Waals surface area contributed by atoms with E-state index >= 15 is 0 Å². The number of amides is 3. The molecule has 122 valence electrons. The number of imide groups is 1. The first-order valence-electron chi connectivity index (χ1n) is 7.73. The van der Waals surface area contributed by atoms with Crippen LogP contribution in [0.5, 0.6) is 0 Å².